The molecule has 0 saturated heterocycles. The first kappa shape index (κ1) is 13.9. The van der Waals surface area contributed by atoms with Gasteiger partial charge in [-0.2, -0.15) is 0 Å². The second-order valence-electron chi connectivity index (χ2n) is 3.50. The molecule has 19 heavy (non-hydrogen) atoms. The molecule has 0 saturated carbocycles. The molecule has 0 fully saturated rings. The molecular formula is C10H10BrN5O2S. The fraction of sp³-hybridized carbons (Fsp3) is 0.300. The minimum absolute atomic E-state index is 0.00255. The largest absolute Gasteiger partial charge is 0.468 e. The van der Waals surface area contributed by atoms with E-state index >= 15 is 0 Å². The molecule has 0 unspecified atom stereocenters. The topological polar surface area (TPSA) is 82.8 Å². The van der Waals surface area contributed by atoms with E-state index in [1.165, 1.54) is 23.6 Å². The van der Waals surface area contributed by atoms with E-state index in [1.807, 2.05) is 6.07 Å². The quantitative estimate of drug-likeness (QED) is 0.597. The molecule has 0 aromatic carbocycles. The van der Waals surface area contributed by atoms with Crippen LogP contribution in [0, 0.1) is 0 Å². The average molecular weight is 344 g/mol. The number of tetrazole rings is 1. The normalized spacial score (nSPS) is 10.4. The number of carbonyl (C=O) groups is 1. The standard InChI is InChI=1S/C10H10BrN5O2S/c1-18-9(17)5-16-10(13-14-15-16)19-6-7-2-8(11)4-12-3-7/h2-4H,5-6H2,1H3. The van der Waals surface area contributed by atoms with Gasteiger partial charge >= 0.3 is 5.97 Å². The van der Waals surface area contributed by atoms with Gasteiger partial charge in [0, 0.05) is 22.6 Å². The minimum atomic E-state index is -0.390. The van der Waals surface area contributed by atoms with Crippen LogP contribution in [-0.2, 0) is 21.8 Å². The van der Waals surface area contributed by atoms with Crippen LogP contribution in [-0.4, -0.2) is 38.3 Å². The third-order valence-electron chi connectivity index (χ3n) is 2.14. The molecule has 0 aliphatic heterocycles. The number of ether oxygens (including phenoxy) is 1. The maximum atomic E-state index is 11.2. The van der Waals surface area contributed by atoms with Gasteiger partial charge in [0.2, 0.25) is 5.16 Å². The lowest BCUT2D eigenvalue weighted by Gasteiger charge is -2.03. The average Bonchev–Trinajstić information content (AvgIpc) is 2.83. The Hall–Kier alpha value is -1.48. The van der Waals surface area contributed by atoms with Crippen molar-refractivity contribution in [3.8, 4) is 0 Å². The molecule has 2 heterocycles. The highest BCUT2D eigenvalue weighted by molar-refractivity contribution is 9.10. The Bertz CT molecular complexity index is 577. The maximum absolute atomic E-state index is 11.2. The Balaban J connectivity index is 2.00. The summed E-state index contributed by atoms with van der Waals surface area (Å²) in [4.78, 5) is 15.3. The summed E-state index contributed by atoms with van der Waals surface area (Å²) in [6.07, 6.45) is 3.49. The van der Waals surface area contributed by atoms with Crippen molar-refractivity contribution in [2.45, 2.75) is 17.5 Å². The summed E-state index contributed by atoms with van der Waals surface area (Å²) in [5.74, 6) is 0.270. The smallest absolute Gasteiger partial charge is 0.327 e. The number of nitrogens with zero attached hydrogens (tertiary/aromatic N) is 5. The zero-order valence-electron chi connectivity index (χ0n) is 9.99. The number of thioether (sulfide) groups is 1. The van der Waals surface area contributed by atoms with Gasteiger partial charge in [0.1, 0.15) is 6.54 Å². The van der Waals surface area contributed by atoms with E-state index in [0.717, 1.165) is 10.0 Å². The van der Waals surface area contributed by atoms with Gasteiger partial charge in [-0.1, -0.05) is 11.8 Å². The highest BCUT2D eigenvalue weighted by Crippen LogP contribution is 2.21. The SMILES string of the molecule is COC(=O)Cn1nnnc1SCc1cncc(Br)c1. The van der Waals surface area contributed by atoms with Gasteiger partial charge in [0.15, 0.2) is 0 Å². The lowest BCUT2D eigenvalue weighted by molar-refractivity contribution is -0.141. The first-order valence-corrected chi connectivity index (χ1v) is 7.02. The molecular weight excluding hydrogens is 334 g/mol. The summed E-state index contributed by atoms with van der Waals surface area (Å²) >= 11 is 4.79. The predicted octanol–water partition coefficient (Wildman–Crippen LogP) is 1.30. The van der Waals surface area contributed by atoms with Crippen molar-refractivity contribution in [1.29, 1.82) is 0 Å². The van der Waals surface area contributed by atoms with Gasteiger partial charge in [-0.05, 0) is 38.0 Å². The second kappa shape index (κ2) is 6.62. The molecule has 0 bridgehead atoms. The zero-order chi connectivity index (χ0) is 13.7. The minimum Gasteiger partial charge on any atom is -0.468 e. The number of aromatic nitrogens is 5. The number of hydrogen-bond acceptors (Lipinski definition) is 7. The van der Waals surface area contributed by atoms with Crippen molar-refractivity contribution >= 4 is 33.7 Å². The molecule has 0 atom stereocenters. The zero-order valence-corrected chi connectivity index (χ0v) is 12.4. The summed E-state index contributed by atoms with van der Waals surface area (Å²) in [6, 6.07) is 1.97. The molecule has 0 aliphatic carbocycles. The molecule has 7 nitrogen and oxygen atoms in total. The number of hydrogen-bond donors (Lipinski definition) is 0. The van der Waals surface area contributed by atoms with Crippen LogP contribution in [0.4, 0.5) is 0 Å². The maximum Gasteiger partial charge on any atom is 0.327 e. The van der Waals surface area contributed by atoms with Crippen molar-refractivity contribution < 1.29 is 9.53 Å². The van der Waals surface area contributed by atoms with Gasteiger partial charge < -0.3 is 4.74 Å². The molecule has 2 rings (SSSR count). The third-order valence-corrected chi connectivity index (χ3v) is 3.60. The molecule has 9 heteroatoms. The third kappa shape index (κ3) is 4.00. The van der Waals surface area contributed by atoms with Gasteiger partial charge in [0.05, 0.1) is 7.11 Å². The van der Waals surface area contributed by atoms with E-state index in [9.17, 15) is 4.79 Å². The molecule has 2 aromatic rings. The molecule has 100 valence electrons. The lowest BCUT2D eigenvalue weighted by Crippen LogP contribution is -2.13. The Morgan fingerprint density at radius 2 is 2.37 bits per heavy atom. The van der Waals surface area contributed by atoms with Crippen LogP contribution >= 0.6 is 27.7 Å². The van der Waals surface area contributed by atoms with E-state index < -0.39 is 5.97 Å². The fourth-order valence-electron chi connectivity index (χ4n) is 1.27. The van der Waals surface area contributed by atoms with E-state index in [2.05, 4.69) is 41.2 Å². The van der Waals surface area contributed by atoms with Crippen LogP contribution in [0.25, 0.3) is 0 Å². The van der Waals surface area contributed by atoms with Gasteiger partial charge in [-0.3, -0.25) is 9.78 Å². The molecule has 0 amide bonds. The Labute approximate surface area is 121 Å². The van der Waals surface area contributed by atoms with Gasteiger partial charge in [-0.15, -0.1) is 5.10 Å². The molecule has 0 N–H and O–H groups in total. The number of carbonyl (C=O) groups excluding carboxylic acids is 1. The molecule has 0 aliphatic rings. The lowest BCUT2D eigenvalue weighted by atomic mass is 10.3. The first-order chi connectivity index (χ1) is 9.19. The van der Waals surface area contributed by atoms with Crippen molar-refractivity contribution in [2.75, 3.05) is 7.11 Å². The highest BCUT2D eigenvalue weighted by Gasteiger charge is 2.11. The van der Waals surface area contributed by atoms with Crippen LogP contribution in [0.3, 0.4) is 0 Å². The summed E-state index contributed by atoms with van der Waals surface area (Å²) in [6.45, 7) is 0.00255. The number of rotatable bonds is 5. The Morgan fingerprint density at radius 1 is 1.53 bits per heavy atom. The summed E-state index contributed by atoms with van der Waals surface area (Å²) in [5, 5.41) is 11.7. The fourth-order valence-corrected chi connectivity index (χ4v) is 2.48. The second-order valence-corrected chi connectivity index (χ2v) is 5.35. The molecule has 0 spiro atoms. The summed E-state index contributed by atoms with van der Waals surface area (Å²) < 4.78 is 6.90. The van der Waals surface area contributed by atoms with Crippen LogP contribution in [0.5, 0.6) is 0 Å². The van der Waals surface area contributed by atoms with Gasteiger partial charge in [0.25, 0.3) is 0 Å². The van der Waals surface area contributed by atoms with Crippen molar-refractivity contribution in [1.82, 2.24) is 25.2 Å². The molecule has 0 radical (unpaired) electrons. The monoisotopic (exact) mass is 343 g/mol. The van der Waals surface area contributed by atoms with Crippen LogP contribution < -0.4 is 0 Å². The highest BCUT2D eigenvalue weighted by atomic mass is 79.9. The van der Waals surface area contributed by atoms with E-state index in [0.29, 0.717) is 10.9 Å². The van der Waals surface area contributed by atoms with Crippen molar-refractivity contribution in [3.63, 3.8) is 0 Å². The van der Waals surface area contributed by atoms with E-state index in [-0.39, 0.29) is 6.54 Å². The Morgan fingerprint density at radius 3 is 3.11 bits per heavy atom. The number of methoxy groups -OCH3 is 1. The predicted molar refractivity (Wildman–Crippen MR) is 71.3 cm³/mol. The van der Waals surface area contributed by atoms with Crippen LogP contribution in [0.2, 0.25) is 0 Å². The van der Waals surface area contributed by atoms with Crippen molar-refractivity contribution in [3.05, 3.63) is 28.5 Å². The summed E-state index contributed by atoms with van der Waals surface area (Å²) in [7, 11) is 1.33. The van der Waals surface area contributed by atoms with E-state index in [1.54, 1.807) is 12.4 Å². The van der Waals surface area contributed by atoms with Gasteiger partial charge in [-0.25, -0.2) is 4.68 Å². The molecule has 2 aromatic heterocycles. The first-order valence-electron chi connectivity index (χ1n) is 5.24. The van der Waals surface area contributed by atoms with Crippen LogP contribution in [0.1, 0.15) is 5.56 Å². The number of halogens is 1. The Kier molecular flexibility index (Phi) is 4.86. The number of esters is 1. The van der Waals surface area contributed by atoms with Crippen LogP contribution in [0.15, 0.2) is 28.1 Å². The number of pyridine rings is 1. The van der Waals surface area contributed by atoms with E-state index in [4.69, 9.17) is 0 Å². The van der Waals surface area contributed by atoms with Crippen molar-refractivity contribution in [2.24, 2.45) is 0 Å². The summed E-state index contributed by atoms with van der Waals surface area (Å²) in [5.41, 5.74) is 1.03.